The number of hydrogen-bond donors (Lipinski definition) is 0. The number of benzene rings is 1. The van der Waals surface area contributed by atoms with Crippen molar-refractivity contribution in [2.75, 3.05) is 0 Å². The van der Waals surface area contributed by atoms with Crippen molar-refractivity contribution >= 4 is 6.08 Å². The van der Waals surface area contributed by atoms with E-state index in [1.54, 1.807) is 6.08 Å². The van der Waals surface area contributed by atoms with Gasteiger partial charge < -0.3 is 0 Å². The van der Waals surface area contributed by atoms with E-state index in [1.165, 1.54) is 0 Å². The van der Waals surface area contributed by atoms with Gasteiger partial charge in [0.05, 0.1) is 5.54 Å². The van der Waals surface area contributed by atoms with Gasteiger partial charge in [0.15, 0.2) is 0 Å². The molecule has 2 nitrogen and oxygen atoms in total. The molecule has 4 heteroatoms. The maximum atomic E-state index is 13.2. The first kappa shape index (κ1) is 12.9. The lowest BCUT2D eigenvalue weighted by atomic mass is 9.76. The first-order valence-corrected chi connectivity index (χ1v) is 6.06. The average molecular weight is 251 g/mol. The van der Waals surface area contributed by atoms with E-state index in [1.807, 2.05) is 30.3 Å². The Bertz CT molecular complexity index is 442. The predicted octanol–water partition coefficient (Wildman–Crippen LogP) is 3.51. The maximum absolute atomic E-state index is 13.2. The summed E-state index contributed by atoms with van der Waals surface area (Å²) < 4.78 is 26.4. The second-order valence-corrected chi connectivity index (χ2v) is 4.95. The minimum atomic E-state index is -2.61. The zero-order valence-electron chi connectivity index (χ0n) is 10.0. The number of carbonyl (C=O) groups excluding carboxylic acids is 1. The highest BCUT2D eigenvalue weighted by atomic mass is 19.3. The number of rotatable bonds is 3. The first-order chi connectivity index (χ1) is 8.55. The molecule has 1 fully saturated rings. The van der Waals surface area contributed by atoms with Gasteiger partial charge in [-0.25, -0.2) is 13.6 Å². The molecule has 0 heterocycles. The van der Waals surface area contributed by atoms with Crippen molar-refractivity contribution in [3.05, 3.63) is 35.9 Å². The summed E-state index contributed by atoms with van der Waals surface area (Å²) in [6, 6.07) is 9.54. The van der Waals surface area contributed by atoms with Crippen molar-refractivity contribution in [1.82, 2.24) is 0 Å². The lowest BCUT2D eigenvalue weighted by Gasteiger charge is -2.36. The van der Waals surface area contributed by atoms with Crippen molar-refractivity contribution in [3.8, 4) is 0 Å². The third-order valence-electron chi connectivity index (χ3n) is 3.57. The Morgan fingerprint density at radius 1 is 1.11 bits per heavy atom. The van der Waals surface area contributed by atoms with Gasteiger partial charge in [0.25, 0.3) is 0 Å². The van der Waals surface area contributed by atoms with E-state index in [-0.39, 0.29) is 25.7 Å². The van der Waals surface area contributed by atoms with Gasteiger partial charge in [-0.05, 0) is 24.8 Å². The van der Waals surface area contributed by atoms with E-state index in [2.05, 4.69) is 4.99 Å². The lowest BCUT2D eigenvalue weighted by molar-refractivity contribution is -0.0501. The van der Waals surface area contributed by atoms with Crippen LogP contribution >= 0.6 is 0 Å². The molecule has 1 aliphatic carbocycles. The van der Waals surface area contributed by atoms with Crippen molar-refractivity contribution in [3.63, 3.8) is 0 Å². The first-order valence-electron chi connectivity index (χ1n) is 6.06. The molecule has 0 unspecified atom stereocenters. The monoisotopic (exact) mass is 251 g/mol. The van der Waals surface area contributed by atoms with E-state index < -0.39 is 11.5 Å². The molecule has 0 saturated heterocycles. The Kier molecular flexibility index (Phi) is 3.58. The Hall–Kier alpha value is -1.54. The number of isocyanates is 1. The number of aliphatic imine (C=N–C) groups is 1. The number of halogens is 2. The van der Waals surface area contributed by atoms with Gasteiger partial charge >= 0.3 is 0 Å². The van der Waals surface area contributed by atoms with Crippen LogP contribution in [0.25, 0.3) is 0 Å². The third-order valence-corrected chi connectivity index (χ3v) is 3.57. The molecule has 1 saturated carbocycles. The van der Waals surface area contributed by atoms with Crippen molar-refractivity contribution in [2.24, 2.45) is 4.99 Å². The lowest BCUT2D eigenvalue weighted by Crippen LogP contribution is -2.38. The summed E-state index contributed by atoms with van der Waals surface area (Å²) in [5, 5.41) is 0. The molecule has 1 aromatic rings. The molecule has 1 aromatic carbocycles. The van der Waals surface area contributed by atoms with Gasteiger partial charge in [0.1, 0.15) is 0 Å². The van der Waals surface area contributed by atoms with Gasteiger partial charge in [0, 0.05) is 12.8 Å². The van der Waals surface area contributed by atoms with E-state index >= 15 is 0 Å². The molecule has 0 radical (unpaired) electrons. The molecular formula is C14H15F2NO. The largest absolute Gasteiger partial charge is 0.248 e. The second kappa shape index (κ2) is 4.99. The Balaban J connectivity index is 2.16. The summed E-state index contributed by atoms with van der Waals surface area (Å²) in [5.41, 5.74) is 0.326. The van der Waals surface area contributed by atoms with Crippen LogP contribution < -0.4 is 0 Å². The highest BCUT2D eigenvalue weighted by Crippen LogP contribution is 2.42. The van der Waals surface area contributed by atoms with Gasteiger partial charge in [-0.15, -0.1) is 0 Å². The van der Waals surface area contributed by atoms with Gasteiger partial charge in [-0.3, -0.25) is 0 Å². The molecule has 18 heavy (non-hydrogen) atoms. The summed E-state index contributed by atoms with van der Waals surface area (Å²) in [6.07, 6.45) is 2.16. The topological polar surface area (TPSA) is 29.4 Å². The van der Waals surface area contributed by atoms with Crippen LogP contribution in [0.4, 0.5) is 8.78 Å². The van der Waals surface area contributed by atoms with Crippen molar-refractivity contribution in [1.29, 1.82) is 0 Å². The average Bonchev–Trinajstić information content (AvgIpc) is 2.35. The summed E-state index contributed by atoms with van der Waals surface area (Å²) in [4.78, 5) is 14.4. The Morgan fingerprint density at radius 2 is 1.72 bits per heavy atom. The van der Waals surface area contributed by atoms with Crippen molar-refractivity contribution < 1.29 is 13.6 Å². The molecular weight excluding hydrogens is 236 g/mol. The molecule has 0 spiro atoms. The Morgan fingerprint density at radius 3 is 2.28 bits per heavy atom. The van der Waals surface area contributed by atoms with E-state index in [0.717, 1.165) is 5.56 Å². The van der Waals surface area contributed by atoms with E-state index in [9.17, 15) is 13.6 Å². The van der Waals surface area contributed by atoms with Crippen LogP contribution in [0.15, 0.2) is 35.3 Å². The zero-order chi connectivity index (χ0) is 13.1. The van der Waals surface area contributed by atoms with E-state index in [4.69, 9.17) is 0 Å². The molecule has 0 amide bonds. The maximum Gasteiger partial charge on any atom is 0.248 e. The highest BCUT2D eigenvalue weighted by molar-refractivity contribution is 5.36. The minimum Gasteiger partial charge on any atom is -0.211 e. The number of hydrogen-bond acceptors (Lipinski definition) is 2. The smallest absolute Gasteiger partial charge is 0.211 e. The molecule has 0 bridgehead atoms. The van der Waals surface area contributed by atoms with Gasteiger partial charge in [-0.1, -0.05) is 30.3 Å². The predicted molar refractivity (Wildman–Crippen MR) is 64.4 cm³/mol. The van der Waals surface area contributed by atoms with Crippen LogP contribution in [0.2, 0.25) is 0 Å². The zero-order valence-corrected chi connectivity index (χ0v) is 10.0. The molecule has 1 aliphatic rings. The van der Waals surface area contributed by atoms with Crippen LogP contribution in [-0.4, -0.2) is 17.5 Å². The summed E-state index contributed by atoms with van der Waals surface area (Å²) in [7, 11) is 0. The molecule has 0 aliphatic heterocycles. The SMILES string of the molecule is O=C=NC1(Cc2ccccc2)CCC(F)(F)CC1. The standard InChI is InChI=1S/C14H15F2NO/c15-14(16)8-6-13(7-9-14,17-11-18)10-12-4-2-1-3-5-12/h1-5H,6-10H2. The summed E-state index contributed by atoms with van der Waals surface area (Å²) in [6.45, 7) is 0. The molecule has 96 valence electrons. The van der Waals surface area contributed by atoms with Crippen LogP contribution in [0.3, 0.4) is 0 Å². The summed E-state index contributed by atoms with van der Waals surface area (Å²) >= 11 is 0. The quantitative estimate of drug-likeness (QED) is 0.597. The van der Waals surface area contributed by atoms with Crippen LogP contribution in [0.5, 0.6) is 0 Å². The minimum absolute atomic E-state index is 0.203. The highest BCUT2D eigenvalue weighted by Gasteiger charge is 2.43. The van der Waals surface area contributed by atoms with Crippen LogP contribution in [-0.2, 0) is 11.2 Å². The summed E-state index contributed by atoms with van der Waals surface area (Å²) in [5.74, 6) is -2.61. The molecule has 0 atom stereocenters. The number of nitrogens with zero attached hydrogens (tertiary/aromatic N) is 1. The molecule has 0 aromatic heterocycles. The van der Waals surface area contributed by atoms with Crippen molar-refractivity contribution in [2.45, 2.75) is 43.6 Å². The van der Waals surface area contributed by atoms with Crippen LogP contribution in [0.1, 0.15) is 31.2 Å². The van der Waals surface area contributed by atoms with Gasteiger partial charge in [0.2, 0.25) is 12.0 Å². The number of alkyl halides is 2. The fourth-order valence-corrected chi connectivity index (χ4v) is 2.48. The van der Waals surface area contributed by atoms with E-state index in [0.29, 0.717) is 6.42 Å². The molecule has 0 N–H and O–H groups in total. The third kappa shape index (κ3) is 3.02. The van der Waals surface area contributed by atoms with Gasteiger partial charge in [-0.2, -0.15) is 4.99 Å². The normalized spacial score (nSPS) is 21.0. The fourth-order valence-electron chi connectivity index (χ4n) is 2.48. The molecule has 2 rings (SSSR count). The fraction of sp³-hybridized carbons (Fsp3) is 0.500. The van der Waals surface area contributed by atoms with Crippen LogP contribution in [0, 0.1) is 0 Å². The second-order valence-electron chi connectivity index (χ2n) is 4.95. The Labute approximate surface area is 105 Å².